The minimum Gasteiger partial charge on any atom is -0.492 e. The van der Waals surface area contributed by atoms with E-state index in [2.05, 4.69) is 29.2 Å². The molecule has 2 aliphatic rings. The third-order valence-corrected chi connectivity index (χ3v) is 7.54. The van der Waals surface area contributed by atoms with Crippen molar-refractivity contribution < 1.29 is 19.4 Å². The van der Waals surface area contributed by atoms with E-state index in [1.807, 2.05) is 30.5 Å². The highest BCUT2D eigenvalue weighted by molar-refractivity contribution is 7.19. The number of fused-ring (bicyclic) bond motifs is 3. The fraction of sp³-hybridized carbons (Fsp3) is 0.269. The van der Waals surface area contributed by atoms with Crippen LogP contribution in [-0.2, 0) is 9.53 Å². The molecule has 2 aromatic carbocycles. The summed E-state index contributed by atoms with van der Waals surface area (Å²) in [6.07, 6.45) is 7.09. The van der Waals surface area contributed by atoms with E-state index in [1.165, 1.54) is 15.0 Å². The molecule has 1 N–H and O–H groups in total. The zero-order chi connectivity index (χ0) is 22.9. The first-order valence-corrected chi connectivity index (χ1v) is 12.1. The van der Waals surface area contributed by atoms with Crippen LogP contribution in [0.25, 0.3) is 21.9 Å². The van der Waals surface area contributed by atoms with Gasteiger partial charge in [-0.05, 0) is 40.9 Å². The van der Waals surface area contributed by atoms with Gasteiger partial charge in [-0.1, -0.05) is 35.9 Å². The molecule has 3 heterocycles. The van der Waals surface area contributed by atoms with Gasteiger partial charge in [0.15, 0.2) is 0 Å². The van der Waals surface area contributed by atoms with E-state index in [0.717, 1.165) is 22.6 Å². The lowest BCUT2D eigenvalue weighted by Crippen LogP contribution is -2.42. The highest BCUT2D eigenvalue weighted by Crippen LogP contribution is 2.40. The van der Waals surface area contributed by atoms with Crippen LogP contribution in [0.1, 0.15) is 23.8 Å². The highest BCUT2D eigenvalue weighted by Gasteiger charge is 2.31. The summed E-state index contributed by atoms with van der Waals surface area (Å²) < 4.78 is 12.3. The van der Waals surface area contributed by atoms with Crippen molar-refractivity contribution in [1.82, 2.24) is 4.90 Å². The van der Waals surface area contributed by atoms with Crippen LogP contribution < -0.4 is 15.2 Å². The summed E-state index contributed by atoms with van der Waals surface area (Å²) in [6, 6.07) is 14.4. The second-order valence-corrected chi connectivity index (χ2v) is 9.73. The van der Waals surface area contributed by atoms with Gasteiger partial charge in [0.25, 0.3) is 0 Å². The average molecular weight is 482 g/mol. The molecule has 0 saturated carbocycles. The first-order chi connectivity index (χ1) is 16.0. The second-order valence-electron chi connectivity index (χ2n) is 8.21. The number of thiophene rings is 1. The Bertz CT molecular complexity index is 1330. The summed E-state index contributed by atoms with van der Waals surface area (Å²) in [5.41, 5.74) is 0.970. The van der Waals surface area contributed by atoms with Crippen LogP contribution in [0.4, 0.5) is 0 Å². The Labute approximate surface area is 200 Å². The van der Waals surface area contributed by atoms with Gasteiger partial charge in [0, 0.05) is 53.3 Å². The van der Waals surface area contributed by atoms with Gasteiger partial charge in [0.05, 0.1) is 23.6 Å². The number of carboxylic acids is 1. The first kappa shape index (κ1) is 22.0. The lowest BCUT2D eigenvalue weighted by molar-refractivity contribution is -0.140. The van der Waals surface area contributed by atoms with Crippen LogP contribution in [0.15, 0.2) is 54.7 Å². The molecule has 170 valence electrons. The summed E-state index contributed by atoms with van der Waals surface area (Å²) in [6.45, 7) is 1.14. The maximum absolute atomic E-state index is 11.8. The Kier molecular flexibility index (Phi) is 6.15. The highest BCUT2D eigenvalue weighted by atomic mass is 35.5. The average Bonchev–Trinajstić information content (AvgIpc) is 3.25. The number of nitrogens with zero attached hydrogens (tertiary/aromatic N) is 1. The molecule has 0 bridgehead atoms. The molecule has 3 aromatic rings. The molecule has 2 aliphatic heterocycles. The second kappa shape index (κ2) is 9.21. The van der Waals surface area contributed by atoms with Gasteiger partial charge in [-0.2, -0.15) is 0 Å². The minimum absolute atomic E-state index is 0.0292. The number of rotatable bonds is 7. The van der Waals surface area contributed by atoms with Crippen molar-refractivity contribution in [2.24, 2.45) is 5.92 Å². The Hall–Kier alpha value is -2.80. The van der Waals surface area contributed by atoms with E-state index in [9.17, 15) is 9.90 Å². The van der Waals surface area contributed by atoms with Crippen molar-refractivity contribution >= 4 is 50.8 Å². The normalized spacial score (nSPS) is 19.2. The molecule has 0 fully saturated rings. The molecule has 1 aromatic heterocycles. The van der Waals surface area contributed by atoms with E-state index in [4.69, 9.17) is 21.1 Å². The van der Waals surface area contributed by atoms with E-state index >= 15 is 0 Å². The zero-order valence-electron chi connectivity index (χ0n) is 18.2. The first-order valence-electron chi connectivity index (χ1n) is 10.9. The van der Waals surface area contributed by atoms with Crippen LogP contribution >= 0.6 is 22.9 Å². The third kappa shape index (κ3) is 4.26. The fourth-order valence-corrected chi connectivity index (χ4v) is 5.77. The third-order valence-electron chi connectivity index (χ3n) is 6.06. The SMILES string of the molecule is COCCCOc1cc2c(cc1Cl)=C1CC(C(=O)O)C=CN1C(c1cc3ccccc3s1)C=2. The topological polar surface area (TPSA) is 59.0 Å². The van der Waals surface area contributed by atoms with Gasteiger partial charge in [0.1, 0.15) is 5.75 Å². The van der Waals surface area contributed by atoms with Crippen molar-refractivity contribution in [3.63, 3.8) is 0 Å². The number of hydrogen-bond acceptors (Lipinski definition) is 5. The van der Waals surface area contributed by atoms with Crippen LogP contribution in [0.3, 0.4) is 0 Å². The van der Waals surface area contributed by atoms with Gasteiger partial charge < -0.3 is 19.5 Å². The van der Waals surface area contributed by atoms with Crippen molar-refractivity contribution in [2.75, 3.05) is 20.3 Å². The number of benzene rings is 2. The standard InChI is InChI=1S/C26H24ClNO4S/c1-31-9-4-10-32-23-13-18-12-22(25-14-16-5-2-3-6-24(16)33-25)28-8-7-17(26(29)30)11-21(28)19(18)15-20(23)27/h2-3,5-8,12-15,17,22H,4,9-11H2,1H3,(H,29,30). The van der Waals surface area contributed by atoms with E-state index in [0.29, 0.717) is 30.4 Å². The van der Waals surface area contributed by atoms with Gasteiger partial charge in [0.2, 0.25) is 0 Å². The maximum Gasteiger partial charge on any atom is 0.310 e. The minimum atomic E-state index is -0.822. The van der Waals surface area contributed by atoms with E-state index in [-0.39, 0.29) is 6.04 Å². The number of ether oxygens (including phenoxy) is 2. The molecule has 0 aliphatic carbocycles. The van der Waals surface area contributed by atoms with Crippen LogP contribution in [0.2, 0.25) is 5.02 Å². The fourth-order valence-electron chi connectivity index (χ4n) is 4.42. The lowest BCUT2D eigenvalue weighted by atomic mass is 9.93. The van der Waals surface area contributed by atoms with Gasteiger partial charge in [-0.3, -0.25) is 4.79 Å². The Balaban J connectivity index is 1.63. The Morgan fingerprint density at radius 1 is 1.24 bits per heavy atom. The zero-order valence-corrected chi connectivity index (χ0v) is 19.7. The van der Waals surface area contributed by atoms with Gasteiger partial charge >= 0.3 is 5.97 Å². The Morgan fingerprint density at radius 2 is 2.09 bits per heavy atom. The monoisotopic (exact) mass is 481 g/mol. The summed E-state index contributed by atoms with van der Waals surface area (Å²) in [4.78, 5) is 15.1. The molecule has 0 saturated heterocycles. The molecule has 33 heavy (non-hydrogen) atoms. The quantitative estimate of drug-likeness (QED) is 0.502. The number of carboxylic acid groups (broad SMARTS) is 1. The number of carbonyl (C=O) groups is 1. The number of halogens is 1. The molecule has 5 nitrogen and oxygen atoms in total. The molecule has 0 amide bonds. The number of hydrogen-bond donors (Lipinski definition) is 1. The predicted molar refractivity (Wildman–Crippen MR) is 132 cm³/mol. The van der Waals surface area contributed by atoms with E-state index in [1.54, 1.807) is 24.5 Å². The van der Waals surface area contributed by atoms with Crippen molar-refractivity contribution in [2.45, 2.75) is 18.9 Å². The summed E-state index contributed by atoms with van der Waals surface area (Å²) in [7, 11) is 1.67. The van der Waals surface area contributed by atoms with Crippen molar-refractivity contribution in [3.8, 4) is 5.75 Å². The van der Waals surface area contributed by atoms with Crippen LogP contribution in [0.5, 0.6) is 5.75 Å². The largest absolute Gasteiger partial charge is 0.492 e. The van der Waals surface area contributed by atoms with Crippen molar-refractivity contribution in [3.05, 3.63) is 75.1 Å². The predicted octanol–water partition coefficient (Wildman–Crippen LogP) is 4.53. The molecule has 2 atom stereocenters. The van der Waals surface area contributed by atoms with E-state index < -0.39 is 11.9 Å². The van der Waals surface area contributed by atoms with Gasteiger partial charge in [-0.15, -0.1) is 11.3 Å². The Morgan fingerprint density at radius 3 is 2.88 bits per heavy atom. The van der Waals surface area contributed by atoms with Crippen LogP contribution in [0, 0.1) is 5.92 Å². The molecule has 5 rings (SSSR count). The smallest absolute Gasteiger partial charge is 0.310 e. The lowest BCUT2D eigenvalue weighted by Gasteiger charge is -2.37. The summed E-state index contributed by atoms with van der Waals surface area (Å²) >= 11 is 8.34. The van der Waals surface area contributed by atoms with Gasteiger partial charge in [-0.25, -0.2) is 0 Å². The number of aliphatic carboxylic acids is 1. The molecule has 2 unspecified atom stereocenters. The molecule has 0 radical (unpaired) electrons. The molecule has 7 heteroatoms. The molecular formula is C26H24ClNO4S. The summed E-state index contributed by atoms with van der Waals surface area (Å²) in [5.74, 6) is -0.751. The molecule has 0 spiro atoms. The molecular weight excluding hydrogens is 458 g/mol. The van der Waals surface area contributed by atoms with Crippen LogP contribution in [-0.4, -0.2) is 36.3 Å². The number of methoxy groups -OCH3 is 1. The maximum atomic E-state index is 11.8. The van der Waals surface area contributed by atoms with Crippen molar-refractivity contribution in [1.29, 1.82) is 0 Å². The summed E-state index contributed by atoms with van der Waals surface area (Å²) in [5, 5.41) is 13.3.